The Balaban J connectivity index is 2.75. The van der Waals surface area contributed by atoms with Crippen molar-refractivity contribution in [1.29, 1.82) is 0 Å². The molecule has 0 saturated heterocycles. The predicted molar refractivity (Wildman–Crippen MR) is 44.9 cm³/mol. The van der Waals surface area contributed by atoms with Crippen LogP contribution in [0.25, 0.3) is 0 Å². The Morgan fingerprint density at radius 3 is 2.82 bits per heavy atom. The Kier molecular flexibility index (Phi) is 2.03. The second-order valence-corrected chi connectivity index (χ2v) is 3.98. The Morgan fingerprint density at radius 1 is 1.55 bits per heavy atom. The van der Waals surface area contributed by atoms with E-state index in [0.29, 0.717) is 6.42 Å². The fourth-order valence-electron chi connectivity index (χ4n) is 1.25. The SMILES string of the molecule is CC1=CCC(C)(C)CC(=O)N1. The molecule has 0 aromatic heterocycles. The average molecular weight is 153 g/mol. The molecule has 0 radical (unpaired) electrons. The van der Waals surface area contributed by atoms with E-state index in [9.17, 15) is 4.79 Å². The monoisotopic (exact) mass is 153 g/mol. The summed E-state index contributed by atoms with van der Waals surface area (Å²) in [6.45, 7) is 6.16. The molecule has 0 aromatic carbocycles. The van der Waals surface area contributed by atoms with Crippen LogP contribution in [-0.4, -0.2) is 5.91 Å². The molecule has 1 amide bonds. The highest BCUT2D eigenvalue weighted by Gasteiger charge is 2.23. The zero-order chi connectivity index (χ0) is 8.48. The second kappa shape index (κ2) is 2.68. The van der Waals surface area contributed by atoms with Gasteiger partial charge in [0.2, 0.25) is 5.91 Å². The summed E-state index contributed by atoms with van der Waals surface area (Å²) >= 11 is 0. The molecule has 62 valence electrons. The highest BCUT2D eigenvalue weighted by molar-refractivity contribution is 5.78. The summed E-state index contributed by atoms with van der Waals surface area (Å²) in [7, 11) is 0. The summed E-state index contributed by atoms with van der Waals surface area (Å²) in [6.07, 6.45) is 3.70. The molecule has 2 nitrogen and oxygen atoms in total. The minimum Gasteiger partial charge on any atom is -0.330 e. The summed E-state index contributed by atoms with van der Waals surface area (Å²) in [5.41, 5.74) is 1.11. The standard InChI is InChI=1S/C9H15NO/c1-7-4-5-9(2,3)6-8(11)10-7/h4H,5-6H2,1-3H3,(H,10,11). The Labute approximate surface area is 67.7 Å². The quantitative estimate of drug-likeness (QED) is 0.565. The Hall–Kier alpha value is -0.790. The van der Waals surface area contributed by atoms with Crippen molar-refractivity contribution in [2.75, 3.05) is 0 Å². The maximum atomic E-state index is 11.2. The van der Waals surface area contributed by atoms with Gasteiger partial charge in [-0.1, -0.05) is 19.9 Å². The molecular formula is C9H15NO. The first-order valence-corrected chi connectivity index (χ1v) is 3.96. The van der Waals surface area contributed by atoms with Crippen LogP contribution in [0.4, 0.5) is 0 Å². The first-order chi connectivity index (χ1) is 4.99. The van der Waals surface area contributed by atoms with Gasteiger partial charge < -0.3 is 5.32 Å². The summed E-state index contributed by atoms with van der Waals surface area (Å²) < 4.78 is 0. The van der Waals surface area contributed by atoms with Crippen LogP contribution in [0.3, 0.4) is 0 Å². The summed E-state index contributed by atoms with van der Waals surface area (Å²) in [5, 5.41) is 2.82. The first kappa shape index (κ1) is 8.31. The highest BCUT2D eigenvalue weighted by atomic mass is 16.1. The molecule has 1 aliphatic rings. The van der Waals surface area contributed by atoms with Crippen molar-refractivity contribution in [1.82, 2.24) is 5.32 Å². The van der Waals surface area contributed by atoms with E-state index in [1.54, 1.807) is 0 Å². The second-order valence-electron chi connectivity index (χ2n) is 3.98. The van der Waals surface area contributed by atoms with E-state index in [2.05, 4.69) is 25.2 Å². The lowest BCUT2D eigenvalue weighted by atomic mass is 9.86. The maximum Gasteiger partial charge on any atom is 0.224 e. The molecule has 0 aliphatic carbocycles. The van der Waals surface area contributed by atoms with Crippen molar-refractivity contribution in [2.24, 2.45) is 5.41 Å². The summed E-state index contributed by atoms with van der Waals surface area (Å²) in [4.78, 5) is 11.2. The van der Waals surface area contributed by atoms with Crippen molar-refractivity contribution in [3.63, 3.8) is 0 Å². The van der Waals surface area contributed by atoms with Crippen LogP contribution in [0, 0.1) is 5.41 Å². The fraction of sp³-hybridized carbons (Fsp3) is 0.667. The molecular weight excluding hydrogens is 138 g/mol. The molecule has 0 spiro atoms. The lowest BCUT2D eigenvalue weighted by Crippen LogP contribution is -2.24. The van der Waals surface area contributed by atoms with Crippen LogP contribution in [-0.2, 0) is 4.79 Å². The van der Waals surface area contributed by atoms with Crippen molar-refractivity contribution in [2.45, 2.75) is 33.6 Å². The van der Waals surface area contributed by atoms with Gasteiger partial charge in [0.1, 0.15) is 0 Å². The van der Waals surface area contributed by atoms with Gasteiger partial charge in [0.15, 0.2) is 0 Å². The predicted octanol–water partition coefficient (Wildman–Crippen LogP) is 1.83. The third kappa shape index (κ3) is 2.37. The van der Waals surface area contributed by atoms with Crippen LogP contribution >= 0.6 is 0 Å². The van der Waals surface area contributed by atoms with Gasteiger partial charge in [0.25, 0.3) is 0 Å². The van der Waals surface area contributed by atoms with Crippen molar-refractivity contribution < 1.29 is 4.79 Å². The largest absolute Gasteiger partial charge is 0.330 e. The van der Waals surface area contributed by atoms with Crippen LogP contribution in [0.1, 0.15) is 33.6 Å². The van der Waals surface area contributed by atoms with Gasteiger partial charge in [-0.15, -0.1) is 0 Å². The third-order valence-electron chi connectivity index (χ3n) is 1.94. The number of carbonyl (C=O) groups is 1. The Bertz CT molecular complexity index is 204. The van der Waals surface area contributed by atoms with E-state index in [0.717, 1.165) is 12.1 Å². The molecule has 0 saturated carbocycles. The number of rotatable bonds is 0. The van der Waals surface area contributed by atoms with Crippen molar-refractivity contribution in [3.8, 4) is 0 Å². The van der Waals surface area contributed by atoms with Gasteiger partial charge in [-0.05, 0) is 18.8 Å². The molecule has 1 aliphatic heterocycles. The number of hydrogen-bond acceptors (Lipinski definition) is 1. The number of carbonyl (C=O) groups excluding carboxylic acids is 1. The molecule has 0 atom stereocenters. The zero-order valence-corrected chi connectivity index (χ0v) is 7.40. The number of nitrogens with one attached hydrogen (secondary N) is 1. The molecule has 0 bridgehead atoms. The molecule has 0 unspecified atom stereocenters. The number of amides is 1. The molecule has 11 heavy (non-hydrogen) atoms. The van der Waals surface area contributed by atoms with Crippen LogP contribution in [0.5, 0.6) is 0 Å². The van der Waals surface area contributed by atoms with E-state index in [1.807, 2.05) is 6.92 Å². The minimum atomic E-state index is 0.127. The molecule has 2 heteroatoms. The van der Waals surface area contributed by atoms with E-state index < -0.39 is 0 Å². The third-order valence-corrected chi connectivity index (χ3v) is 1.94. The van der Waals surface area contributed by atoms with E-state index in [-0.39, 0.29) is 11.3 Å². The van der Waals surface area contributed by atoms with E-state index >= 15 is 0 Å². The van der Waals surface area contributed by atoms with Crippen molar-refractivity contribution in [3.05, 3.63) is 11.8 Å². The lowest BCUT2D eigenvalue weighted by molar-refractivity contribution is -0.121. The number of allylic oxidation sites excluding steroid dienone is 2. The Morgan fingerprint density at radius 2 is 2.18 bits per heavy atom. The molecule has 1 heterocycles. The summed E-state index contributed by atoms with van der Waals surface area (Å²) in [5.74, 6) is 0.140. The van der Waals surface area contributed by atoms with Crippen LogP contribution in [0.15, 0.2) is 11.8 Å². The van der Waals surface area contributed by atoms with Gasteiger partial charge in [-0.2, -0.15) is 0 Å². The van der Waals surface area contributed by atoms with Crippen LogP contribution < -0.4 is 5.32 Å². The highest BCUT2D eigenvalue weighted by Crippen LogP contribution is 2.27. The normalized spacial score (nSPS) is 23.5. The molecule has 0 fully saturated rings. The van der Waals surface area contributed by atoms with Gasteiger partial charge in [-0.3, -0.25) is 4.79 Å². The van der Waals surface area contributed by atoms with E-state index in [4.69, 9.17) is 0 Å². The van der Waals surface area contributed by atoms with Gasteiger partial charge in [-0.25, -0.2) is 0 Å². The first-order valence-electron chi connectivity index (χ1n) is 3.96. The average Bonchev–Trinajstić information content (AvgIpc) is 1.90. The molecule has 1 N–H and O–H groups in total. The van der Waals surface area contributed by atoms with Gasteiger partial charge in [0.05, 0.1) is 0 Å². The topological polar surface area (TPSA) is 29.1 Å². The van der Waals surface area contributed by atoms with Crippen LogP contribution in [0.2, 0.25) is 0 Å². The minimum absolute atomic E-state index is 0.127. The summed E-state index contributed by atoms with van der Waals surface area (Å²) in [6, 6.07) is 0. The lowest BCUT2D eigenvalue weighted by Gasteiger charge is -2.18. The van der Waals surface area contributed by atoms with Gasteiger partial charge >= 0.3 is 0 Å². The maximum absolute atomic E-state index is 11.2. The molecule has 1 rings (SSSR count). The van der Waals surface area contributed by atoms with Crippen molar-refractivity contribution >= 4 is 5.91 Å². The zero-order valence-electron chi connectivity index (χ0n) is 7.40. The number of hydrogen-bond donors (Lipinski definition) is 1. The van der Waals surface area contributed by atoms with Gasteiger partial charge in [0, 0.05) is 12.1 Å². The molecule has 0 aromatic rings. The fourth-order valence-corrected chi connectivity index (χ4v) is 1.25. The van der Waals surface area contributed by atoms with E-state index in [1.165, 1.54) is 0 Å². The smallest absolute Gasteiger partial charge is 0.224 e.